The van der Waals surface area contributed by atoms with Crippen LogP contribution in [0.4, 0.5) is 0 Å². The third-order valence-corrected chi connectivity index (χ3v) is 1.98. The molecule has 3 nitrogen and oxygen atoms in total. The summed E-state index contributed by atoms with van der Waals surface area (Å²) in [7, 11) is 0. The summed E-state index contributed by atoms with van der Waals surface area (Å²) < 4.78 is 0. The largest absolute Gasteiger partial charge is 0.275 e. The second-order valence-electron chi connectivity index (χ2n) is 2.82. The van der Waals surface area contributed by atoms with Crippen molar-refractivity contribution in [2.24, 2.45) is 0 Å². The first-order valence-corrected chi connectivity index (χ1v) is 3.53. The zero-order chi connectivity index (χ0) is 8.59. The van der Waals surface area contributed by atoms with Crippen molar-refractivity contribution in [2.45, 2.75) is 20.8 Å². The molecule has 11 heavy (non-hydrogen) atoms. The van der Waals surface area contributed by atoms with E-state index in [1.54, 1.807) is 6.92 Å². The normalized spacial score (nSPS) is 18.1. The summed E-state index contributed by atoms with van der Waals surface area (Å²) in [5.41, 5.74) is 1.70. The molecule has 0 saturated heterocycles. The molecule has 3 heteroatoms. The summed E-state index contributed by atoms with van der Waals surface area (Å²) in [5.74, 6) is -0.318. The molecule has 0 aromatic rings. The Balaban J connectivity index is 2.87. The lowest BCUT2D eigenvalue weighted by molar-refractivity contribution is -0.139. The second kappa shape index (κ2) is 2.49. The number of hydrogen-bond donors (Lipinski definition) is 0. The third kappa shape index (κ3) is 1.18. The van der Waals surface area contributed by atoms with E-state index < -0.39 is 0 Å². The minimum absolute atomic E-state index is 0.144. The SMILES string of the molecule is CC(=O)N1CC(C)=C(C)C1=O. The Morgan fingerprint density at radius 2 is 2.00 bits per heavy atom. The minimum atomic E-state index is -0.175. The smallest absolute Gasteiger partial charge is 0.256 e. The van der Waals surface area contributed by atoms with Crippen LogP contribution in [0.3, 0.4) is 0 Å². The summed E-state index contributed by atoms with van der Waals surface area (Å²) >= 11 is 0. The Morgan fingerprint density at radius 3 is 2.18 bits per heavy atom. The average molecular weight is 153 g/mol. The fraction of sp³-hybridized carbons (Fsp3) is 0.500. The van der Waals surface area contributed by atoms with Gasteiger partial charge >= 0.3 is 0 Å². The van der Waals surface area contributed by atoms with Gasteiger partial charge in [-0.3, -0.25) is 14.5 Å². The third-order valence-electron chi connectivity index (χ3n) is 1.98. The molecule has 0 fully saturated rings. The Kier molecular flexibility index (Phi) is 1.81. The lowest BCUT2D eigenvalue weighted by atomic mass is 10.2. The van der Waals surface area contributed by atoms with Crippen molar-refractivity contribution in [1.82, 2.24) is 4.90 Å². The molecule has 2 amide bonds. The lowest BCUT2D eigenvalue weighted by Gasteiger charge is -2.10. The maximum absolute atomic E-state index is 11.2. The number of rotatable bonds is 0. The molecular formula is C8H11NO2. The minimum Gasteiger partial charge on any atom is -0.275 e. The molecule has 0 aliphatic carbocycles. The van der Waals surface area contributed by atoms with E-state index in [4.69, 9.17) is 0 Å². The molecule has 1 heterocycles. The van der Waals surface area contributed by atoms with E-state index in [1.807, 2.05) is 6.92 Å². The van der Waals surface area contributed by atoms with E-state index in [1.165, 1.54) is 11.8 Å². The number of carbonyl (C=O) groups is 2. The van der Waals surface area contributed by atoms with Crippen LogP contribution < -0.4 is 0 Å². The summed E-state index contributed by atoms with van der Waals surface area (Å²) in [6.07, 6.45) is 0. The van der Waals surface area contributed by atoms with Crippen LogP contribution in [0.5, 0.6) is 0 Å². The topological polar surface area (TPSA) is 37.4 Å². The Morgan fingerprint density at radius 1 is 1.45 bits per heavy atom. The van der Waals surface area contributed by atoms with Crippen LogP contribution in [-0.4, -0.2) is 23.3 Å². The van der Waals surface area contributed by atoms with Crippen LogP contribution in [0.25, 0.3) is 0 Å². The monoisotopic (exact) mass is 153 g/mol. The molecule has 0 N–H and O–H groups in total. The predicted octanol–water partition coefficient (Wildman–Crippen LogP) is 0.712. The number of imide groups is 1. The molecule has 0 unspecified atom stereocenters. The van der Waals surface area contributed by atoms with E-state index in [-0.39, 0.29) is 11.8 Å². The highest BCUT2D eigenvalue weighted by Gasteiger charge is 2.27. The molecule has 0 saturated carbocycles. The van der Waals surface area contributed by atoms with Gasteiger partial charge in [0.1, 0.15) is 0 Å². The zero-order valence-corrected chi connectivity index (χ0v) is 6.97. The van der Waals surface area contributed by atoms with Crippen molar-refractivity contribution >= 4 is 11.8 Å². The molecule has 60 valence electrons. The molecule has 1 aliphatic rings. The first-order chi connectivity index (χ1) is 5.04. The van der Waals surface area contributed by atoms with Crippen molar-refractivity contribution < 1.29 is 9.59 Å². The quantitative estimate of drug-likeness (QED) is 0.514. The van der Waals surface area contributed by atoms with Crippen molar-refractivity contribution in [3.8, 4) is 0 Å². The predicted molar refractivity (Wildman–Crippen MR) is 40.8 cm³/mol. The molecular weight excluding hydrogens is 142 g/mol. The maximum atomic E-state index is 11.2. The van der Waals surface area contributed by atoms with Crippen molar-refractivity contribution in [3.05, 3.63) is 11.1 Å². The van der Waals surface area contributed by atoms with E-state index in [0.29, 0.717) is 12.1 Å². The van der Waals surface area contributed by atoms with Crippen LogP contribution in [0.2, 0.25) is 0 Å². The molecule has 0 radical (unpaired) electrons. The van der Waals surface area contributed by atoms with Crippen LogP contribution in [0, 0.1) is 0 Å². The van der Waals surface area contributed by atoms with Gasteiger partial charge in [-0.15, -0.1) is 0 Å². The van der Waals surface area contributed by atoms with Gasteiger partial charge in [-0.2, -0.15) is 0 Å². The Hall–Kier alpha value is -1.12. The fourth-order valence-electron chi connectivity index (χ4n) is 1.07. The van der Waals surface area contributed by atoms with Gasteiger partial charge in [0.05, 0.1) is 6.54 Å². The van der Waals surface area contributed by atoms with E-state index in [2.05, 4.69) is 0 Å². The maximum Gasteiger partial charge on any atom is 0.256 e. The van der Waals surface area contributed by atoms with Crippen molar-refractivity contribution in [2.75, 3.05) is 6.54 Å². The molecule has 0 aromatic carbocycles. The van der Waals surface area contributed by atoms with Gasteiger partial charge in [0.15, 0.2) is 0 Å². The highest BCUT2D eigenvalue weighted by atomic mass is 16.2. The van der Waals surface area contributed by atoms with Gasteiger partial charge in [-0.05, 0) is 19.4 Å². The van der Waals surface area contributed by atoms with Gasteiger partial charge in [0.2, 0.25) is 5.91 Å². The first kappa shape index (κ1) is 7.98. The van der Waals surface area contributed by atoms with E-state index >= 15 is 0 Å². The summed E-state index contributed by atoms with van der Waals surface area (Å²) in [5, 5.41) is 0. The lowest BCUT2D eigenvalue weighted by Crippen LogP contribution is -2.31. The van der Waals surface area contributed by atoms with Gasteiger partial charge in [-0.1, -0.05) is 0 Å². The van der Waals surface area contributed by atoms with E-state index in [0.717, 1.165) is 5.57 Å². The zero-order valence-electron chi connectivity index (χ0n) is 6.97. The van der Waals surface area contributed by atoms with E-state index in [9.17, 15) is 9.59 Å². The summed E-state index contributed by atoms with van der Waals surface area (Å²) in [4.78, 5) is 23.3. The summed E-state index contributed by atoms with van der Waals surface area (Å²) in [6, 6.07) is 0. The number of amides is 2. The number of carbonyl (C=O) groups excluding carboxylic acids is 2. The standard InChI is InChI=1S/C8H11NO2/c1-5-4-9(7(3)10)8(11)6(5)2/h4H2,1-3H3. The second-order valence-corrected chi connectivity index (χ2v) is 2.82. The van der Waals surface area contributed by atoms with Gasteiger partial charge < -0.3 is 0 Å². The molecule has 0 atom stereocenters. The first-order valence-electron chi connectivity index (χ1n) is 3.53. The van der Waals surface area contributed by atoms with Crippen molar-refractivity contribution in [3.63, 3.8) is 0 Å². The molecule has 1 aliphatic heterocycles. The van der Waals surface area contributed by atoms with Crippen LogP contribution >= 0.6 is 0 Å². The van der Waals surface area contributed by atoms with Crippen molar-refractivity contribution in [1.29, 1.82) is 0 Å². The Bertz CT molecular complexity index is 253. The highest BCUT2D eigenvalue weighted by Crippen LogP contribution is 2.17. The van der Waals surface area contributed by atoms with Gasteiger partial charge in [0, 0.05) is 12.5 Å². The number of hydrogen-bond acceptors (Lipinski definition) is 2. The Labute approximate surface area is 65.7 Å². The van der Waals surface area contributed by atoms with Crippen LogP contribution in [-0.2, 0) is 9.59 Å². The van der Waals surface area contributed by atoms with Gasteiger partial charge in [0.25, 0.3) is 5.91 Å². The summed E-state index contributed by atoms with van der Waals surface area (Å²) in [6.45, 7) is 5.50. The highest BCUT2D eigenvalue weighted by molar-refractivity contribution is 6.06. The van der Waals surface area contributed by atoms with Gasteiger partial charge in [-0.25, -0.2) is 0 Å². The number of nitrogens with zero attached hydrogens (tertiary/aromatic N) is 1. The molecule has 0 aromatic heterocycles. The average Bonchev–Trinajstić information content (AvgIpc) is 2.17. The molecule has 1 rings (SSSR count). The van der Waals surface area contributed by atoms with Crippen LogP contribution in [0.1, 0.15) is 20.8 Å². The molecule has 0 bridgehead atoms. The fourth-order valence-corrected chi connectivity index (χ4v) is 1.07. The molecule has 0 spiro atoms. The van der Waals surface area contributed by atoms with Crippen LogP contribution in [0.15, 0.2) is 11.1 Å².